The summed E-state index contributed by atoms with van der Waals surface area (Å²) in [6.45, 7) is 0. The Labute approximate surface area is 124 Å². The van der Waals surface area contributed by atoms with Gasteiger partial charge in [-0.3, -0.25) is 10.0 Å². The number of hydrazine groups is 1. The number of halogens is 12. The monoisotopic (exact) mass is 380 g/mol. The van der Waals surface area contributed by atoms with Crippen LogP contribution in [0.5, 0.6) is 0 Å². The van der Waals surface area contributed by atoms with Gasteiger partial charge in [-0.1, -0.05) is 0 Å². The average Bonchev–Trinajstić information content (AvgIpc) is 2.78. The summed E-state index contributed by atoms with van der Waals surface area (Å²) in [6, 6.07) is 0. The van der Waals surface area contributed by atoms with Gasteiger partial charge in [0.2, 0.25) is 0 Å². The van der Waals surface area contributed by atoms with Gasteiger partial charge in [0, 0.05) is 12.4 Å². The third-order valence-corrected chi connectivity index (χ3v) is 3.60. The van der Waals surface area contributed by atoms with Crippen LogP contribution in [-0.4, -0.2) is 45.8 Å². The Balaban J connectivity index is 2.69. The maximum atomic E-state index is 13.0. The lowest BCUT2D eigenvalue weighted by molar-refractivity contribution is -0.368. The third-order valence-electron chi connectivity index (χ3n) is 3.60. The van der Waals surface area contributed by atoms with E-state index in [4.69, 9.17) is 0 Å². The minimum Gasteiger partial charge on any atom is -0.264 e. The molecule has 0 spiro atoms. The molecule has 0 aromatic rings. The molecule has 0 saturated carbocycles. The molecular weight excluding hydrogens is 376 g/mol. The number of hydrogen-bond donors (Lipinski definition) is 0. The van der Waals surface area contributed by atoms with Gasteiger partial charge in [0.05, 0.1) is 0 Å². The Bertz CT molecular complexity index is 495. The summed E-state index contributed by atoms with van der Waals surface area (Å²) in [5.41, 5.74) is -10.1. The average molecular weight is 380 g/mol. The van der Waals surface area contributed by atoms with Crippen LogP contribution in [0.3, 0.4) is 0 Å². The lowest BCUT2D eigenvalue weighted by atomic mass is 9.97. The van der Waals surface area contributed by atoms with Crippen molar-refractivity contribution in [1.82, 2.24) is 10.0 Å². The quantitative estimate of drug-likeness (QED) is 0.579. The van der Waals surface area contributed by atoms with Gasteiger partial charge in [0.1, 0.15) is 0 Å². The second kappa shape index (κ2) is 4.45. The van der Waals surface area contributed by atoms with Gasteiger partial charge in [-0.05, 0) is 12.2 Å². The van der Waals surface area contributed by atoms with Crippen LogP contribution < -0.4 is 0 Å². The molecule has 2 heterocycles. The van der Waals surface area contributed by atoms with Crippen LogP contribution in [0.25, 0.3) is 0 Å². The predicted molar refractivity (Wildman–Crippen MR) is 51.6 cm³/mol. The molecule has 2 nitrogen and oxygen atoms in total. The summed E-state index contributed by atoms with van der Waals surface area (Å²) in [6.07, 6.45) is -27.6. The predicted octanol–water partition coefficient (Wildman–Crippen LogP) is 4.29. The molecule has 0 fully saturated rings. The maximum Gasteiger partial charge on any atom is 0.426 e. The molecule has 0 aromatic heterocycles. The number of alkyl halides is 12. The van der Waals surface area contributed by atoms with Gasteiger partial charge in [-0.2, -0.15) is 52.7 Å². The molecule has 0 amide bonds. The molecule has 0 radical (unpaired) electrons. The van der Waals surface area contributed by atoms with E-state index in [1.807, 2.05) is 0 Å². The minimum atomic E-state index is -6.24. The first-order valence-electron chi connectivity index (χ1n) is 5.68. The first-order valence-corrected chi connectivity index (χ1v) is 5.68. The van der Waals surface area contributed by atoms with Crippen LogP contribution in [0.1, 0.15) is 0 Å². The number of rotatable bonds is 0. The first-order chi connectivity index (χ1) is 10.4. The van der Waals surface area contributed by atoms with Crippen LogP contribution in [0.2, 0.25) is 0 Å². The zero-order valence-electron chi connectivity index (χ0n) is 10.7. The fourth-order valence-electron chi connectivity index (χ4n) is 2.45. The molecule has 14 heteroatoms. The molecule has 2 aliphatic heterocycles. The molecule has 0 atom stereocenters. The van der Waals surface area contributed by atoms with Crippen LogP contribution in [0.15, 0.2) is 24.6 Å². The van der Waals surface area contributed by atoms with Gasteiger partial charge in [-0.25, -0.2) is 0 Å². The standard InChI is InChI=1S/C10H4F12N2/c11-7(12,13)5(8(14,15)16)1-3-23-6(9(17,18)19,10(20,21)22)2-4-24(5)23/h1-4H. The van der Waals surface area contributed by atoms with E-state index in [0.29, 0.717) is 0 Å². The van der Waals surface area contributed by atoms with Crippen LogP contribution >= 0.6 is 0 Å². The van der Waals surface area contributed by atoms with Crippen molar-refractivity contribution in [2.24, 2.45) is 0 Å². The van der Waals surface area contributed by atoms with E-state index in [0.717, 1.165) is 0 Å². The van der Waals surface area contributed by atoms with E-state index in [1.54, 1.807) is 0 Å². The molecule has 24 heavy (non-hydrogen) atoms. The van der Waals surface area contributed by atoms with Gasteiger partial charge in [0.15, 0.2) is 0 Å². The van der Waals surface area contributed by atoms with E-state index < -0.39 is 70.4 Å². The van der Waals surface area contributed by atoms with E-state index in [2.05, 4.69) is 0 Å². The SMILES string of the molecule is FC(F)(F)C1(C(F)(F)F)C=CN2N1C=CC2(C(F)(F)F)C(F)(F)F. The van der Waals surface area contributed by atoms with Gasteiger partial charge < -0.3 is 0 Å². The lowest BCUT2D eigenvalue weighted by Gasteiger charge is -2.46. The van der Waals surface area contributed by atoms with E-state index in [-0.39, 0.29) is 0 Å². The number of fused-ring (bicyclic) bond motifs is 1. The zero-order chi connectivity index (χ0) is 19.0. The first kappa shape index (κ1) is 18.6. The third kappa shape index (κ3) is 1.93. The topological polar surface area (TPSA) is 6.48 Å². The smallest absolute Gasteiger partial charge is 0.264 e. The van der Waals surface area contributed by atoms with Crippen molar-refractivity contribution in [2.45, 2.75) is 35.8 Å². The summed E-state index contributed by atoms with van der Waals surface area (Å²) in [7, 11) is 0. The second-order valence-corrected chi connectivity index (χ2v) is 4.84. The summed E-state index contributed by atoms with van der Waals surface area (Å²) in [4.78, 5) is 0. The molecule has 2 rings (SSSR count). The van der Waals surface area contributed by atoms with Crippen molar-refractivity contribution in [3.8, 4) is 0 Å². The van der Waals surface area contributed by atoms with Gasteiger partial charge >= 0.3 is 24.7 Å². The molecule has 0 unspecified atom stereocenters. The fraction of sp³-hybridized carbons (Fsp3) is 0.600. The van der Waals surface area contributed by atoms with Crippen molar-refractivity contribution in [1.29, 1.82) is 0 Å². The van der Waals surface area contributed by atoms with Crippen molar-refractivity contribution in [3.63, 3.8) is 0 Å². The highest BCUT2D eigenvalue weighted by Gasteiger charge is 2.82. The van der Waals surface area contributed by atoms with E-state index >= 15 is 0 Å². The molecule has 0 aliphatic carbocycles. The van der Waals surface area contributed by atoms with Crippen LogP contribution in [0.4, 0.5) is 52.7 Å². The lowest BCUT2D eigenvalue weighted by Crippen LogP contribution is -2.70. The summed E-state index contributed by atoms with van der Waals surface area (Å²) >= 11 is 0. The van der Waals surface area contributed by atoms with Crippen molar-refractivity contribution in [3.05, 3.63) is 24.6 Å². The van der Waals surface area contributed by atoms with Crippen molar-refractivity contribution >= 4 is 0 Å². The maximum absolute atomic E-state index is 13.0. The Morgan fingerprint density at radius 1 is 0.458 bits per heavy atom. The van der Waals surface area contributed by atoms with Crippen molar-refractivity contribution in [2.75, 3.05) is 0 Å². The molecule has 0 aromatic carbocycles. The highest BCUT2D eigenvalue weighted by atomic mass is 19.4. The molecule has 0 N–H and O–H groups in total. The summed E-state index contributed by atoms with van der Waals surface area (Å²) < 4.78 is 156. The van der Waals surface area contributed by atoms with Crippen LogP contribution in [0, 0.1) is 0 Å². The zero-order valence-corrected chi connectivity index (χ0v) is 10.7. The Hall–Kier alpha value is -1.76. The number of hydrogen-bond acceptors (Lipinski definition) is 2. The normalized spacial score (nSPS) is 23.2. The molecule has 2 aliphatic rings. The summed E-state index contributed by atoms with van der Waals surface area (Å²) in [5, 5.41) is -2.32. The molecule has 138 valence electrons. The highest BCUT2D eigenvalue weighted by molar-refractivity contribution is 5.33. The Kier molecular flexibility index (Phi) is 3.44. The molecule has 0 bridgehead atoms. The van der Waals surface area contributed by atoms with Crippen LogP contribution in [-0.2, 0) is 0 Å². The minimum absolute atomic E-state index is 0.526. The molecular formula is C10H4F12N2. The fourth-order valence-corrected chi connectivity index (χ4v) is 2.45. The second-order valence-electron chi connectivity index (χ2n) is 4.84. The Morgan fingerprint density at radius 2 is 0.667 bits per heavy atom. The van der Waals surface area contributed by atoms with Gasteiger partial charge in [0.25, 0.3) is 11.1 Å². The van der Waals surface area contributed by atoms with E-state index in [9.17, 15) is 52.7 Å². The highest BCUT2D eigenvalue weighted by Crippen LogP contribution is 2.59. The molecule has 0 saturated heterocycles. The largest absolute Gasteiger partial charge is 0.426 e. The van der Waals surface area contributed by atoms with E-state index in [1.165, 1.54) is 0 Å². The number of nitrogens with zero attached hydrogens (tertiary/aromatic N) is 2. The van der Waals surface area contributed by atoms with Gasteiger partial charge in [-0.15, -0.1) is 0 Å². The summed E-state index contributed by atoms with van der Waals surface area (Å²) in [5.74, 6) is 0. The van der Waals surface area contributed by atoms with Crippen molar-refractivity contribution < 1.29 is 52.7 Å². The Morgan fingerprint density at radius 3 is 0.833 bits per heavy atom.